The summed E-state index contributed by atoms with van der Waals surface area (Å²) in [5.74, 6) is -4.19. The Kier molecular flexibility index (Phi) is 13.5. The highest BCUT2D eigenvalue weighted by Gasteiger charge is 2.32. The van der Waals surface area contributed by atoms with E-state index in [0.29, 0.717) is 12.2 Å². The summed E-state index contributed by atoms with van der Waals surface area (Å²) in [7, 11) is 0. The zero-order chi connectivity index (χ0) is 24.1. The number of hydrogen-bond acceptors (Lipinski definition) is 7. The topological polar surface area (TPSA) is 188 Å². The molecule has 0 saturated carbocycles. The Hall–Kier alpha value is -2.34. The lowest BCUT2D eigenvalue weighted by molar-refractivity contribution is -0.142. The van der Waals surface area contributed by atoms with Crippen LogP contribution in [0.4, 0.5) is 0 Å². The monoisotopic (exact) mass is 462 g/mol. The van der Waals surface area contributed by atoms with Gasteiger partial charge in [-0.1, -0.05) is 20.3 Å². The second-order valence-corrected chi connectivity index (χ2v) is 8.32. The lowest BCUT2D eigenvalue weighted by Gasteiger charge is -2.28. The van der Waals surface area contributed by atoms with Crippen LogP contribution in [-0.2, 0) is 24.0 Å². The van der Waals surface area contributed by atoms with Crippen molar-refractivity contribution in [1.82, 2.24) is 16.0 Å². The van der Waals surface area contributed by atoms with Crippen LogP contribution in [0.3, 0.4) is 0 Å². The van der Waals surface area contributed by atoms with Crippen LogP contribution in [0.25, 0.3) is 0 Å². The summed E-state index contributed by atoms with van der Waals surface area (Å²) in [6, 6.07) is -4.29. The van der Waals surface area contributed by atoms with Gasteiger partial charge in [-0.15, -0.1) is 0 Å². The number of aliphatic carboxylic acids is 2. The van der Waals surface area contributed by atoms with E-state index in [2.05, 4.69) is 16.0 Å². The Morgan fingerprint density at radius 1 is 0.903 bits per heavy atom. The molecule has 3 amide bonds. The first-order chi connectivity index (χ1) is 14.4. The van der Waals surface area contributed by atoms with E-state index in [1.54, 1.807) is 13.8 Å². The van der Waals surface area contributed by atoms with Crippen LogP contribution in [0.5, 0.6) is 0 Å². The van der Waals surface area contributed by atoms with Crippen LogP contribution in [0.15, 0.2) is 0 Å². The van der Waals surface area contributed by atoms with E-state index >= 15 is 0 Å². The fourth-order valence-corrected chi connectivity index (χ4v) is 3.02. The first-order valence-electron chi connectivity index (χ1n) is 10.0. The third kappa shape index (κ3) is 11.0. The maximum absolute atomic E-state index is 12.8. The average Bonchev–Trinajstić information content (AvgIpc) is 2.70. The summed E-state index contributed by atoms with van der Waals surface area (Å²) in [5.41, 5.74) is 5.50. The van der Waals surface area contributed by atoms with Crippen LogP contribution < -0.4 is 21.7 Å². The van der Waals surface area contributed by atoms with Gasteiger partial charge in [-0.05, 0) is 37.7 Å². The largest absolute Gasteiger partial charge is 0.481 e. The van der Waals surface area contributed by atoms with Crippen molar-refractivity contribution in [2.24, 2.45) is 11.7 Å². The van der Waals surface area contributed by atoms with Gasteiger partial charge < -0.3 is 31.9 Å². The highest BCUT2D eigenvalue weighted by Crippen LogP contribution is 2.11. The molecule has 0 aliphatic rings. The minimum atomic E-state index is -1.21. The standard InChI is InChI=1S/C19H34N4O7S/c1-5-10(2)15(18(28)22-13(19(29)30)8-9-31-4)23-17(27)12(6-7-14(24)25)21-16(26)11(3)20/h10-13,15H,5-9,20H2,1-4H3,(H,21,26)(H,22,28)(H,23,27)(H,24,25)(H,29,30). The SMILES string of the molecule is CCC(C)C(NC(=O)C(CCC(=O)O)NC(=O)C(C)N)C(=O)NC(CCSC)C(=O)O. The smallest absolute Gasteiger partial charge is 0.326 e. The molecule has 0 bridgehead atoms. The van der Waals surface area contributed by atoms with Gasteiger partial charge in [-0.3, -0.25) is 19.2 Å². The van der Waals surface area contributed by atoms with E-state index in [1.807, 2.05) is 6.26 Å². The Labute approximate surface area is 186 Å². The molecule has 0 spiro atoms. The van der Waals surface area contributed by atoms with Crippen LogP contribution in [0.1, 0.15) is 46.5 Å². The Bertz CT molecular complexity index is 645. The number of nitrogens with one attached hydrogen (secondary N) is 3. The predicted molar refractivity (Wildman–Crippen MR) is 116 cm³/mol. The maximum Gasteiger partial charge on any atom is 0.326 e. The number of carbonyl (C=O) groups excluding carboxylic acids is 3. The van der Waals surface area contributed by atoms with E-state index in [9.17, 15) is 29.1 Å². The lowest BCUT2D eigenvalue weighted by Crippen LogP contribution is -2.58. The van der Waals surface area contributed by atoms with Crippen molar-refractivity contribution < 1.29 is 34.2 Å². The molecule has 12 heteroatoms. The zero-order valence-corrected chi connectivity index (χ0v) is 19.2. The van der Waals surface area contributed by atoms with Gasteiger partial charge in [-0.25, -0.2) is 4.79 Å². The number of carboxylic acids is 2. The minimum Gasteiger partial charge on any atom is -0.481 e. The van der Waals surface area contributed by atoms with Crippen LogP contribution in [0.2, 0.25) is 0 Å². The summed E-state index contributed by atoms with van der Waals surface area (Å²) >= 11 is 1.44. The second-order valence-electron chi connectivity index (χ2n) is 7.33. The highest BCUT2D eigenvalue weighted by atomic mass is 32.2. The second kappa shape index (κ2) is 14.6. The number of carboxylic acid groups (broad SMARTS) is 2. The summed E-state index contributed by atoms with van der Waals surface area (Å²) in [6.07, 6.45) is 1.96. The molecule has 0 heterocycles. The summed E-state index contributed by atoms with van der Waals surface area (Å²) in [5, 5.41) is 25.6. The van der Waals surface area contributed by atoms with Crippen molar-refractivity contribution in [3.05, 3.63) is 0 Å². The molecule has 0 aromatic heterocycles. The Balaban J connectivity index is 5.47. The minimum absolute atomic E-state index is 0.194. The fourth-order valence-electron chi connectivity index (χ4n) is 2.55. The van der Waals surface area contributed by atoms with Gasteiger partial charge >= 0.3 is 11.9 Å². The molecule has 0 aromatic rings. The first-order valence-corrected chi connectivity index (χ1v) is 11.4. The quantitative estimate of drug-likeness (QED) is 0.187. The number of amides is 3. The molecule has 0 aromatic carbocycles. The molecule has 5 unspecified atom stereocenters. The molecule has 0 aliphatic carbocycles. The van der Waals surface area contributed by atoms with Gasteiger partial charge in [0.1, 0.15) is 18.1 Å². The van der Waals surface area contributed by atoms with Crippen molar-refractivity contribution in [3.63, 3.8) is 0 Å². The van der Waals surface area contributed by atoms with Gasteiger partial charge in [0, 0.05) is 6.42 Å². The summed E-state index contributed by atoms with van der Waals surface area (Å²) in [4.78, 5) is 59.8. The van der Waals surface area contributed by atoms with Crippen molar-refractivity contribution >= 4 is 41.4 Å². The lowest BCUT2D eigenvalue weighted by atomic mass is 9.97. The Morgan fingerprint density at radius 2 is 1.48 bits per heavy atom. The molecule has 0 aliphatic heterocycles. The van der Waals surface area contributed by atoms with Crippen molar-refractivity contribution in [2.75, 3.05) is 12.0 Å². The number of thioether (sulfide) groups is 1. The molecule has 7 N–H and O–H groups in total. The van der Waals surface area contributed by atoms with E-state index in [1.165, 1.54) is 18.7 Å². The number of hydrogen-bond donors (Lipinski definition) is 6. The third-order valence-electron chi connectivity index (χ3n) is 4.71. The average molecular weight is 463 g/mol. The molecule has 11 nitrogen and oxygen atoms in total. The van der Waals surface area contributed by atoms with E-state index in [-0.39, 0.29) is 25.2 Å². The van der Waals surface area contributed by atoms with E-state index in [0.717, 1.165) is 0 Å². The maximum atomic E-state index is 12.8. The zero-order valence-electron chi connectivity index (χ0n) is 18.3. The molecule has 5 atom stereocenters. The number of nitrogens with two attached hydrogens (primary N) is 1. The summed E-state index contributed by atoms with van der Waals surface area (Å²) < 4.78 is 0. The third-order valence-corrected chi connectivity index (χ3v) is 5.36. The fraction of sp³-hybridized carbons (Fsp3) is 0.737. The van der Waals surface area contributed by atoms with Crippen molar-refractivity contribution in [2.45, 2.75) is 70.6 Å². The molecule has 178 valence electrons. The molecule has 0 rings (SSSR count). The molecular weight excluding hydrogens is 428 g/mol. The van der Waals surface area contributed by atoms with Crippen molar-refractivity contribution in [3.8, 4) is 0 Å². The van der Waals surface area contributed by atoms with Gasteiger partial charge in [-0.2, -0.15) is 11.8 Å². The first kappa shape index (κ1) is 28.7. The molecule has 0 saturated heterocycles. The number of carbonyl (C=O) groups is 5. The van der Waals surface area contributed by atoms with Gasteiger partial charge in [0.25, 0.3) is 0 Å². The van der Waals surface area contributed by atoms with E-state index in [4.69, 9.17) is 10.8 Å². The van der Waals surface area contributed by atoms with Crippen LogP contribution in [-0.4, -0.2) is 76.0 Å². The van der Waals surface area contributed by atoms with Gasteiger partial charge in [0.15, 0.2) is 0 Å². The predicted octanol–water partition coefficient (Wildman–Crippen LogP) is -0.463. The highest BCUT2D eigenvalue weighted by molar-refractivity contribution is 7.98. The van der Waals surface area contributed by atoms with Gasteiger partial charge in [0.05, 0.1) is 6.04 Å². The molecule has 0 radical (unpaired) electrons. The van der Waals surface area contributed by atoms with Crippen LogP contribution >= 0.6 is 11.8 Å². The number of rotatable bonds is 15. The Morgan fingerprint density at radius 3 is 1.94 bits per heavy atom. The molecule has 0 fully saturated rings. The molecular formula is C19H34N4O7S. The van der Waals surface area contributed by atoms with E-state index < -0.39 is 53.8 Å². The normalized spacial score (nSPS) is 15.6. The van der Waals surface area contributed by atoms with Crippen LogP contribution in [0, 0.1) is 5.92 Å². The summed E-state index contributed by atoms with van der Waals surface area (Å²) in [6.45, 7) is 4.94. The molecule has 31 heavy (non-hydrogen) atoms. The van der Waals surface area contributed by atoms with Gasteiger partial charge in [0.2, 0.25) is 17.7 Å². The van der Waals surface area contributed by atoms with Crippen molar-refractivity contribution in [1.29, 1.82) is 0 Å².